The van der Waals surface area contributed by atoms with Gasteiger partial charge >= 0.3 is 0 Å². The molecule has 4 nitrogen and oxygen atoms in total. The van der Waals surface area contributed by atoms with Crippen LogP contribution in [-0.2, 0) is 5.41 Å². The van der Waals surface area contributed by atoms with E-state index in [9.17, 15) is 5.11 Å². The molecule has 0 bridgehead atoms. The molecule has 1 aromatic rings. The van der Waals surface area contributed by atoms with Gasteiger partial charge in [0.15, 0.2) is 0 Å². The Morgan fingerprint density at radius 1 is 1.22 bits per heavy atom. The van der Waals surface area contributed by atoms with E-state index in [0.717, 1.165) is 23.1 Å². The molecule has 0 aliphatic heterocycles. The fraction of sp³-hybridized carbons (Fsp3) is 0.368. The molecule has 23 heavy (non-hydrogen) atoms. The lowest BCUT2D eigenvalue weighted by Crippen LogP contribution is -2.15. The van der Waals surface area contributed by atoms with E-state index < -0.39 is 0 Å². The summed E-state index contributed by atoms with van der Waals surface area (Å²) in [6.07, 6.45) is 6.51. The molecule has 0 atom stereocenters. The molecule has 1 aromatic carbocycles. The number of anilines is 1. The summed E-state index contributed by atoms with van der Waals surface area (Å²) in [7, 11) is 0. The van der Waals surface area contributed by atoms with Gasteiger partial charge in [-0.1, -0.05) is 39.8 Å². The predicted molar refractivity (Wildman–Crippen MR) is 97.8 cm³/mol. The van der Waals surface area contributed by atoms with Gasteiger partial charge < -0.3 is 5.11 Å². The average Bonchev–Trinajstić information content (AvgIpc) is 2.47. The first-order chi connectivity index (χ1) is 10.7. The van der Waals surface area contributed by atoms with E-state index >= 15 is 0 Å². The van der Waals surface area contributed by atoms with E-state index in [1.54, 1.807) is 0 Å². The van der Waals surface area contributed by atoms with Crippen LogP contribution in [0.15, 0.2) is 41.0 Å². The van der Waals surface area contributed by atoms with E-state index in [0.29, 0.717) is 17.1 Å². The van der Waals surface area contributed by atoms with E-state index in [2.05, 4.69) is 38.2 Å². The van der Waals surface area contributed by atoms with Gasteiger partial charge in [0.2, 0.25) is 0 Å². The highest BCUT2D eigenvalue weighted by Crippen LogP contribution is 2.37. The van der Waals surface area contributed by atoms with Crippen molar-refractivity contribution in [3.63, 3.8) is 0 Å². The molecule has 3 N–H and O–H groups in total. The van der Waals surface area contributed by atoms with E-state index in [4.69, 9.17) is 5.41 Å². The maximum Gasteiger partial charge on any atom is 0.144 e. The quantitative estimate of drug-likeness (QED) is 0.430. The fourth-order valence-electron chi connectivity index (χ4n) is 2.46. The number of hydrogen-bond donors (Lipinski definition) is 3. The molecule has 0 aromatic heterocycles. The van der Waals surface area contributed by atoms with Gasteiger partial charge in [0, 0.05) is 5.56 Å². The second-order valence-corrected chi connectivity index (χ2v) is 6.89. The molecular weight excluding hydrogens is 286 g/mol. The van der Waals surface area contributed by atoms with E-state index in [1.165, 1.54) is 0 Å². The Morgan fingerprint density at radius 2 is 1.91 bits per heavy atom. The molecule has 0 heterocycles. The fourth-order valence-corrected chi connectivity index (χ4v) is 2.46. The standard InChI is InChI=1S/C19H25N3O/c1-6-13-7-8-16(15(20)11-13)21-22-17-10-12(2)9-14(18(17)23)19(3,4)5/h7-11,20,22-23H,6H2,1-5H3/b20-15?,21-16-. The lowest BCUT2D eigenvalue weighted by Gasteiger charge is -2.22. The molecule has 0 saturated carbocycles. The van der Waals surface area contributed by atoms with Crippen molar-refractivity contribution in [1.29, 1.82) is 5.41 Å². The molecule has 0 amide bonds. The largest absolute Gasteiger partial charge is 0.505 e. The summed E-state index contributed by atoms with van der Waals surface area (Å²) >= 11 is 0. The normalized spacial score (nSPS) is 16.7. The minimum absolute atomic E-state index is 0.157. The van der Waals surface area contributed by atoms with Crippen molar-refractivity contribution in [2.24, 2.45) is 5.10 Å². The maximum absolute atomic E-state index is 10.5. The number of rotatable bonds is 3. The summed E-state index contributed by atoms with van der Waals surface area (Å²) in [6, 6.07) is 3.85. The van der Waals surface area contributed by atoms with Crippen molar-refractivity contribution in [3.05, 3.63) is 47.1 Å². The molecule has 2 rings (SSSR count). The predicted octanol–water partition coefficient (Wildman–Crippen LogP) is 4.69. The molecule has 0 fully saturated rings. The highest BCUT2D eigenvalue weighted by atomic mass is 16.3. The van der Waals surface area contributed by atoms with Gasteiger partial charge in [0.05, 0.1) is 11.4 Å². The average molecular weight is 311 g/mol. The van der Waals surface area contributed by atoms with Gasteiger partial charge in [0.25, 0.3) is 0 Å². The Morgan fingerprint density at radius 3 is 2.48 bits per heavy atom. The molecular formula is C19H25N3O. The summed E-state index contributed by atoms with van der Waals surface area (Å²) in [4.78, 5) is 0. The van der Waals surface area contributed by atoms with Crippen LogP contribution >= 0.6 is 0 Å². The Hall–Kier alpha value is -2.36. The first-order valence-electron chi connectivity index (χ1n) is 7.87. The third-order valence-electron chi connectivity index (χ3n) is 3.83. The Labute approximate surface area is 138 Å². The van der Waals surface area contributed by atoms with Crippen LogP contribution in [0.4, 0.5) is 5.69 Å². The molecule has 122 valence electrons. The zero-order chi connectivity index (χ0) is 17.2. The van der Waals surface area contributed by atoms with Crippen LogP contribution in [0.3, 0.4) is 0 Å². The second-order valence-electron chi connectivity index (χ2n) is 6.89. The van der Waals surface area contributed by atoms with Crippen LogP contribution in [0.1, 0.15) is 45.2 Å². The number of nitrogens with zero attached hydrogens (tertiary/aromatic N) is 1. The first kappa shape index (κ1) is 17.0. The molecule has 4 heteroatoms. The topological polar surface area (TPSA) is 68.5 Å². The minimum Gasteiger partial charge on any atom is -0.505 e. The zero-order valence-electron chi connectivity index (χ0n) is 14.5. The smallest absolute Gasteiger partial charge is 0.144 e. The SMILES string of the molecule is CCC1=CC(=N)/C(=N\Nc2cc(C)cc(C(C)(C)C)c2O)C=C1. The summed E-state index contributed by atoms with van der Waals surface area (Å²) in [5, 5.41) is 22.8. The third-order valence-corrected chi connectivity index (χ3v) is 3.83. The highest BCUT2D eigenvalue weighted by Gasteiger charge is 2.21. The number of phenols is 1. The van der Waals surface area contributed by atoms with Crippen LogP contribution in [0, 0.1) is 12.3 Å². The molecule has 0 spiro atoms. The monoisotopic (exact) mass is 311 g/mol. The van der Waals surface area contributed by atoms with Crippen molar-refractivity contribution in [3.8, 4) is 5.75 Å². The highest BCUT2D eigenvalue weighted by molar-refractivity contribution is 6.50. The second kappa shape index (κ2) is 6.41. The molecule has 1 aliphatic carbocycles. The van der Waals surface area contributed by atoms with Gasteiger partial charge in [-0.3, -0.25) is 10.8 Å². The Bertz CT molecular complexity index is 719. The Balaban J connectivity index is 2.30. The number of aromatic hydroxyl groups is 1. The number of aryl methyl sites for hydroxylation is 1. The summed E-state index contributed by atoms with van der Waals surface area (Å²) in [5.74, 6) is 0.212. The summed E-state index contributed by atoms with van der Waals surface area (Å²) in [5.41, 5.74) is 7.30. The molecule has 0 saturated heterocycles. The Kier molecular flexibility index (Phi) is 4.73. The zero-order valence-corrected chi connectivity index (χ0v) is 14.5. The molecule has 1 aliphatic rings. The van der Waals surface area contributed by atoms with Crippen molar-refractivity contribution in [2.45, 2.75) is 46.5 Å². The van der Waals surface area contributed by atoms with Crippen LogP contribution in [-0.4, -0.2) is 16.5 Å². The first-order valence-corrected chi connectivity index (χ1v) is 7.87. The molecule has 0 unspecified atom stereocenters. The van der Waals surface area contributed by atoms with Crippen LogP contribution in [0.25, 0.3) is 0 Å². The number of hydrogen-bond acceptors (Lipinski definition) is 4. The van der Waals surface area contributed by atoms with Crippen molar-refractivity contribution in [2.75, 3.05) is 5.43 Å². The van der Waals surface area contributed by atoms with Gasteiger partial charge in [-0.05, 0) is 48.1 Å². The third kappa shape index (κ3) is 3.89. The van der Waals surface area contributed by atoms with E-state index in [1.807, 2.05) is 37.3 Å². The van der Waals surface area contributed by atoms with Gasteiger partial charge in [-0.2, -0.15) is 5.10 Å². The van der Waals surface area contributed by atoms with E-state index in [-0.39, 0.29) is 11.2 Å². The van der Waals surface area contributed by atoms with Crippen molar-refractivity contribution in [1.82, 2.24) is 0 Å². The van der Waals surface area contributed by atoms with Crippen molar-refractivity contribution >= 4 is 17.1 Å². The number of benzene rings is 1. The number of nitrogens with one attached hydrogen (secondary N) is 2. The number of allylic oxidation sites excluding steroid dienone is 4. The van der Waals surface area contributed by atoms with Gasteiger partial charge in [0.1, 0.15) is 11.5 Å². The summed E-state index contributed by atoms with van der Waals surface area (Å²) in [6.45, 7) is 10.2. The minimum atomic E-state index is -0.157. The lowest BCUT2D eigenvalue weighted by atomic mass is 9.85. The van der Waals surface area contributed by atoms with Crippen molar-refractivity contribution < 1.29 is 5.11 Å². The number of phenolic OH excluding ortho intramolecular Hbond substituents is 1. The lowest BCUT2D eigenvalue weighted by molar-refractivity contribution is 0.448. The van der Waals surface area contributed by atoms with Crippen LogP contribution < -0.4 is 5.43 Å². The number of hydrazone groups is 1. The molecule has 0 radical (unpaired) electrons. The summed E-state index contributed by atoms with van der Waals surface area (Å²) < 4.78 is 0. The maximum atomic E-state index is 10.5. The van der Waals surface area contributed by atoms with Gasteiger partial charge in [-0.15, -0.1) is 0 Å². The van der Waals surface area contributed by atoms with Crippen LogP contribution in [0.5, 0.6) is 5.75 Å². The van der Waals surface area contributed by atoms with Crippen LogP contribution in [0.2, 0.25) is 0 Å². The van der Waals surface area contributed by atoms with Gasteiger partial charge in [-0.25, -0.2) is 0 Å².